The van der Waals surface area contributed by atoms with Crippen molar-refractivity contribution in [3.8, 4) is 0 Å². The minimum absolute atomic E-state index is 0.0180. The zero-order chi connectivity index (χ0) is 16.3. The van der Waals surface area contributed by atoms with Gasteiger partial charge >= 0.3 is 6.03 Å². The lowest BCUT2D eigenvalue weighted by Crippen LogP contribution is -2.51. The lowest BCUT2D eigenvalue weighted by molar-refractivity contribution is -0.0820. The third-order valence-electron chi connectivity index (χ3n) is 4.99. The molecule has 0 aromatic carbocycles. The fourth-order valence-corrected chi connectivity index (χ4v) is 3.68. The van der Waals surface area contributed by atoms with E-state index in [2.05, 4.69) is 10.6 Å². The molecule has 0 radical (unpaired) electrons. The number of urea groups is 1. The first kappa shape index (κ1) is 16.3. The van der Waals surface area contributed by atoms with Crippen LogP contribution in [0.5, 0.6) is 0 Å². The van der Waals surface area contributed by atoms with Gasteiger partial charge < -0.3 is 24.9 Å². The van der Waals surface area contributed by atoms with E-state index in [1.807, 2.05) is 0 Å². The third-order valence-corrected chi connectivity index (χ3v) is 4.99. The Bertz CT molecular complexity index is 521. The number of carbonyl (C=O) groups is 1. The second kappa shape index (κ2) is 6.53. The summed E-state index contributed by atoms with van der Waals surface area (Å²) in [5.74, 6) is 0.439. The second-order valence-corrected chi connectivity index (χ2v) is 7.01. The molecule has 2 heterocycles. The maximum absolute atomic E-state index is 12.1. The maximum atomic E-state index is 12.1. The van der Waals surface area contributed by atoms with Gasteiger partial charge in [0.15, 0.2) is 0 Å². The van der Waals surface area contributed by atoms with Gasteiger partial charge in [-0.05, 0) is 44.7 Å². The van der Waals surface area contributed by atoms with Crippen LogP contribution in [0.4, 0.5) is 4.79 Å². The largest absolute Gasteiger partial charge is 0.466 e. The Balaban J connectivity index is 1.47. The van der Waals surface area contributed by atoms with Crippen molar-refractivity contribution in [2.24, 2.45) is 0 Å². The van der Waals surface area contributed by atoms with Crippen molar-refractivity contribution >= 4 is 6.03 Å². The fourth-order valence-electron chi connectivity index (χ4n) is 3.68. The van der Waals surface area contributed by atoms with E-state index in [0.717, 1.165) is 25.7 Å². The molecule has 2 aliphatic rings. The summed E-state index contributed by atoms with van der Waals surface area (Å²) in [6.07, 6.45) is 7.85. The van der Waals surface area contributed by atoms with Gasteiger partial charge in [0.05, 0.1) is 18.4 Å². The minimum Gasteiger partial charge on any atom is -0.466 e. The number of furan rings is 1. The molecular weight excluding hydrogens is 296 g/mol. The molecule has 128 valence electrons. The first-order valence-electron chi connectivity index (χ1n) is 8.44. The standard InChI is InChI=1S/C17H26N2O4/c1-16(21,14-5-4-9-22-14)12-18-15(20)19-13-6-10-23-17(11-13)7-2-3-8-17/h4-5,9,13,21H,2-3,6-8,10-12H2,1H3,(H2,18,19,20). The Morgan fingerprint density at radius 3 is 2.96 bits per heavy atom. The van der Waals surface area contributed by atoms with E-state index >= 15 is 0 Å². The first-order valence-corrected chi connectivity index (χ1v) is 8.44. The number of nitrogens with one attached hydrogen (secondary N) is 2. The van der Waals surface area contributed by atoms with Crippen LogP contribution in [0.1, 0.15) is 51.2 Å². The average molecular weight is 322 g/mol. The average Bonchev–Trinajstić information content (AvgIpc) is 3.18. The lowest BCUT2D eigenvalue weighted by atomic mass is 9.89. The van der Waals surface area contributed by atoms with Gasteiger partial charge in [-0.25, -0.2) is 4.79 Å². The molecule has 1 aromatic heterocycles. The summed E-state index contributed by atoms with van der Waals surface area (Å²) in [5.41, 5.74) is -1.24. The number of hydrogen-bond donors (Lipinski definition) is 3. The van der Waals surface area contributed by atoms with E-state index in [9.17, 15) is 9.90 Å². The molecule has 2 unspecified atom stereocenters. The number of rotatable bonds is 4. The SMILES string of the molecule is CC(O)(CNC(=O)NC1CCOC2(CCCC2)C1)c1ccco1. The van der Waals surface area contributed by atoms with Crippen LogP contribution in [0.15, 0.2) is 22.8 Å². The molecule has 2 amide bonds. The number of hydrogen-bond acceptors (Lipinski definition) is 4. The van der Waals surface area contributed by atoms with E-state index in [0.29, 0.717) is 12.4 Å². The molecule has 1 aliphatic heterocycles. The van der Waals surface area contributed by atoms with E-state index in [4.69, 9.17) is 9.15 Å². The summed E-state index contributed by atoms with van der Waals surface area (Å²) in [7, 11) is 0. The summed E-state index contributed by atoms with van der Waals surface area (Å²) in [6, 6.07) is 3.29. The van der Waals surface area contributed by atoms with Crippen LogP contribution < -0.4 is 10.6 Å². The number of ether oxygens (including phenoxy) is 1. The third kappa shape index (κ3) is 3.87. The number of amides is 2. The predicted octanol–water partition coefficient (Wildman–Crippen LogP) is 2.28. The van der Waals surface area contributed by atoms with Crippen molar-refractivity contribution in [3.63, 3.8) is 0 Å². The Kier molecular flexibility index (Phi) is 4.64. The van der Waals surface area contributed by atoms with Gasteiger partial charge in [-0.15, -0.1) is 0 Å². The normalized spacial score (nSPS) is 25.9. The van der Waals surface area contributed by atoms with Gasteiger partial charge in [-0.1, -0.05) is 12.8 Å². The van der Waals surface area contributed by atoms with Gasteiger partial charge in [0.2, 0.25) is 0 Å². The van der Waals surface area contributed by atoms with Crippen molar-refractivity contribution in [2.75, 3.05) is 13.2 Å². The summed E-state index contributed by atoms with van der Waals surface area (Å²) in [6.45, 7) is 2.42. The van der Waals surface area contributed by atoms with Crippen molar-refractivity contribution < 1.29 is 19.1 Å². The molecular formula is C17H26N2O4. The van der Waals surface area contributed by atoms with Crippen molar-refractivity contribution in [1.82, 2.24) is 10.6 Å². The topological polar surface area (TPSA) is 83.7 Å². The van der Waals surface area contributed by atoms with E-state index < -0.39 is 5.60 Å². The van der Waals surface area contributed by atoms with Gasteiger partial charge in [0.25, 0.3) is 0 Å². The predicted molar refractivity (Wildman–Crippen MR) is 85.0 cm³/mol. The van der Waals surface area contributed by atoms with Crippen molar-refractivity contribution in [3.05, 3.63) is 24.2 Å². The summed E-state index contributed by atoms with van der Waals surface area (Å²) in [5, 5.41) is 16.1. The molecule has 2 fully saturated rings. The molecule has 1 aromatic rings. The monoisotopic (exact) mass is 322 g/mol. The lowest BCUT2D eigenvalue weighted by Gasteiger charge is -2.38. The summed E-state index contributed by atoms with van der Waals surface area (Å²) in [4.78, 5) is 12.1. The highest BCUT2D eigenvalue weighted by Gasteiger charge is 2.40. The zero-order valence-electron chi connectivity index (χ0n) is 13.6. The fraction of sp³-hybridized carbons (Fsp3) is 0.706. The first-order chi connectivity index (χ1) is 11.0. The van der Waals surface area contributed by atoms with E-state index in [1.54, 1.807) is 19.1 Å². The molecule has 2 atom stereocenters. The molecule has 23 heavy (non-hydrogen) atoms. The zero-order valence-corrected chi connectivity index (χ0v) is 13.6. The van der Waals surface area contributed by atoms with Gasteiger partial charge in [0.1, 0.15) is 11.4 Å². The van der Waals surface area contributed by atoms with Crippen molar-refractivity contribution in [2.45, 2.75) is 62.7 Å². The summed E-state index contributed by atoms with van der Waals surface area (Å²) < 4.78 is 11.2. The van der Waals surface area contributed by atoms with Crippen molar-refractivity contribution in [1.29, 1.82) is 0 Å². The van der Waals surface area contributed by atoms with Crippen LogP contribution in [-0.4, -0.2) is 35.9 Å². The summed E-state index contributed by atoms with van der Waals surface area (Å²) >= 11 is 0. The number of aliphatic hydroxyl groups is 1. The minimum atomic E-state index is -1.22. The van der Waals surface area contributed by atoms with Crippen LogP contribution in [0.2, 0.25) is 0 Å². The van der Waals surface area contributed by atoms with Gasteiger partial charge in [-0.3, -0.25) is 0 Å². The highest BCUT2D eigenvalue weighted by molar-refractivity contribution is 5.74. The molecule has 1 aliphatic carbocycles. The Morgan fingerprint density at radius 1 is 1.48 bits per heavy atom. The van der Waals surface area contributed by atoms with Gasteiger partial charge in [0, 0.05) is 12.6 Å². The number of carbonyl (C=O) groups excluding carboxylic acids is 1. The van der Waals surface area contributed by atoms with Crippen LogP contribution >= 0.6 is 0 Å². The molecule has 1 saturated carbocycles. The highest BCUT2D eigenvalue weighted by Crippen LogP contribution is 2.39. The Morgan fingerprint density at radius 2 is 2.26 bits per heavy atom. The van der Waals surface area contributed by atoms with E-state index in [1.165, 1.54) is 19.1 Å². The molecule has 1 saturated heterocycles. The van der Waals surface area contributed by atoms with Crippen LogP contribution in [0.3, 0.4) is 0 Å². The van der Waals surface area contributed by atoms with Crippen LogP contribution in [-0.2, 0) is 10.3 Å². The molecule has 6 heteroatoms. The molecule has 0 bridgehead atoms. The molecule has 6 nitrogen and oxygen atoms in total. The maximum Gasteiger partial charge on any atom is 0.315 e. The molecule has 1 spiro atoms. The quantitative estimate of drug-likeness (QED) is 0.794. The van der Waals surface area contributed by atoms with Crippen LogP contribution in [0, 0.1) is 0 Å². The van der Waals surface area contributed by atoms with E-state index in [-0.39, 0.29) is 24.2 Å². The smallest absolute Gasteiger partial charge is 0.315 e. The van der Waals surface area contributed by atoms with Gasteiger partial charge in [-0.2, -0.15) is 0 Å². The molecule has 3 rings (SSSR count). The Hall–Kier alpha value is -1.53. The highest BCUT2D eigenvalue weighted by atomic mass is 16.5. The Labute approximate surface area is 136 Å². The molecule has 3 N–H and O–H groups in total. The van der Waals surface area contributed by atoms with Crippen LogP contribution in [0.25, 0.3) is 0 Å². The second-order valence-electron chi connectivity index (χ2n) is 7.01.